The quantitative estimate of drug-likeness (QED) is 0.312. The molecular formula is C28H25N3O7S. The summed E-state index contributed by atoms with van der Waals surface area (Å²) in [5.41, 5.74) is 0.520. The zero-order valence-electron chi connectivity index (χ0n) is 20.6. The maximum absolute atomic E-state index is 13.5. The molecule has 1 aliphatic heterocycles. The summed E-state index contributed by atoms with van der Waals surface area (Å²) in [7, 11) is -4.08. The second kappa shape index (κ2) is 10.4. The molecule has 0 spiro atoms. The molecule has 0 atom stereocenters. The molecule has 0 saturated carbocycles. The number of nitrogens with one attached hydrogen (secondary N) is 1. The highest BCUT2D eigenvalue weighted by atomic mass is 32.2. The summed E-state index contributed by atoms with van der Waals surface area (Å²) in [5.74, 6) is -1.73. The van der Waals surface area contributed by atoms with Crippen molar-refractivity contribution in [1.29, 1.82) is 0 Å². The Hall–Kier alpha value is -4.48. The van der Waals surface area contributed by atoms with Gasteiger partial charge in [-0.3, -0.25) is 9.59 Å². The molecule has 3 N–H and O–H groups in total. The number of fused-ring (bicyclic) bond motifs is 1. The third-order valence-electron chi connectivity index (χ3n) is 6.80. The lowest BCUT2D eigenvalue weighted by Crippen LogP contribution is -2.46. The van der Waals surface area contributed by atoms with E-state index in [2.05, 4.69) is 4.72 Å². The average Bonchev–Trinajstić information content (AvgIpc) is 3.24. The normalized spacial score (nSPS) is 14.4. The Morgan fingerprint density at radius 1 is 0.846 bits per heavy atom. The van der Waals surface area contributed by atoms with Gasteiger partial charge < -0.3 is 15.1 Å². The van der Waals surface area contributed by atoms with Gasteiger partial charge in [0.15, 0.2) is 5.78 Å². The van der Waals surface area contributed by atoms with Crippen LogP contribution in [0, 0.1) is 0 Å². The molecule has 2 heterocycles. The van der Waals surface area contributed by atoms with Crippen molar-refractivity contribution < 1.29 is 33.0 Å². The van der Waals surface area contributed by atoms with Crippen molar-refractivity contribution in [2.75, 3.05) is 13.1 Å². The zero-order valence-corrected chi connectivity index (χ0v) is 21.5. The molecule has 0 unspecified atom stereocenters. The number of benzene rings is 3. The number of carboxylic acid groups (broad SMARTS) is 1. The topological polar surface area (TPSA) is 146 Å². The molecule has 0 radical (unpaired) electrons. The highest BCUT2D eigenvalue weighted by Gasteiger charge is 2.30. The van der Waals surface area contributed by atoms with Crippen LogP contribution in [0.3, 0.4) is 0 Å². The van der Waals surface area contributed by atoms with Crippen LogP contribution in [-0.2, 0) is 10.0 Å². The van der Waals surface area contributed by atoms with Crippen LogP contribution in [0.1, 0.15) is 39.1 Å². The number of nitrogens with zero attached hydrogens (tertiary/aromatic N) is 2. The number of hydrogen-bond donors (Lipinski definition) is 3. The summed E-state index contributed by atoms with van der Waals surface area (Å²) >= 11 is 0. The number of amides is 1. The number of aromatic nitrogens is 1. The lowest BCUT2D eigenvalue weighted by Gasteiger charge is -2.30. The summed E-state index contributed by atoms with van der Waals surface area (Å²) in [4.78, 5) is 39.1. The maximum Gasteiger partial charge on any atom is 0.407 e. The molecule has 200 valence electrons. The fraction of sp³-hybridized carbons (Fsp3) is 0.179. The van der Waals surface area contributed by atoms with Crippen LogP contribution < -0.4 is 4.72 Å². The van der Waals surface area contributed by atoms with Gasteiger partial charge in [-0.25, -0.2) is 22.5 Å². The number of ketones is 1. The average molecular weight is 548 g/mol. The Kier molecular flexibility index (Phi) is 6.94. The van der Waals surface area contributed by atoms with E-state index in [1.54, 1.807) is 60.7 Å². The van der Waals surface area contributed by atoms with E-state index in [-0.39, 0.29) is 45.6 Å². The van der Waals surface area contributed by atoms with Crippen molar-refractivity contribution in [2.24, 2.45) is 0 Å². The fourth-order valence-corrected chi connectivity index (χ4v) is 6.10. The molecule has 39 heavy (non-hydrogen) atoms. The van der Waals surface area contributed by atoms with Gasteiger partial charge in [-0.1, -0.05) is 48.5 Å². The molecule has 3 aromatic carbocycles. The van der Waals surface area contributed by atoms with Crippen LogP contribution in [0.25, 0.3) is 10.9 Å². The SMILES string of the molecule is O=C(c1ccccc1)c1c(O)n(C(=O)c2ccccc2)c2ccc(S(=O)(=O)NC3CCN(C(=O)O)CC3)cc12. The Bertz CT molecular complexity index is 1670. The van der Waals surface area contributed by atoms with Gasteiger partial charge in [-0.2, -0.15) is 0 Å². The summed E-state index contributed by atoms with van der Waals surface area (Å²) in [5, 5.41) is 20.4. The van der Waals surface area contributed by atoms with E-state index in [4.69, 9.17) is 5.11 Å². The second-order valence-corrected chi connectivity index (χ2v) is 11.0. The van der Waals surface area contributed by atoms with Crippen molar-refractivity contribution in [1.82, 2.24) is 14.2 Å². The minimum absolute atomic E-state index is 0.106. The van der Waals surface area contributed by atoms with E-state index < -0.39 is 39.7 Å². The number of carbonyl (C=O) groups excluding carboxylic acids is 2. The summed E-state index contributed by atoms with van der Waals surface area (Å²) in [6.45, 7) is 0.408. The van der Waals surface area contributed by atoms with Crippen molar-refractivity contribution in [3.05, 3.63) is 95.6 Å². The molecule has 0 bridgehead atoms. The Balaban J connectivity index is 1.58. The number of likely N-dealkylation sites (tertiary alicyclic amines) is 1. The first kappa shape index (κ1) is 26.1. The predicted molar refractivity (Wildman–Crippen MR) is 143 cm³/mol. The zero-order chi connectivity index (χ0) is 27.7. The number of hydrogen-bond acceptors (Lipinski definition) is 6. The predicted octanol–water partition coefficient (Wildman–Crippen LogP) is 3.69. The second-order valence-electron chi connectivity index (χ2n) is 9.24. The van der Waals surface area contributed by atoms with Crippen LogP contribution in [0.2, 0.25) is 0 Å². The summed E-state index contributed by atoms with van der Waals surface area (Å²) < 4.78 is 30.2. The van der Waals surface area contributed by atoms with Gasteiger partial charge in [-0.05, 0) is 43.2 Å². The van der Waals surface area contributed by atoms with Crippen molar-refractivity contribution >= 4 is 38.7 Å². The molecule has 1 saturated heterocycles. The van der Waals surface area contributed by atoms with Gasteiger partial charge in [0.05, 0.1) is 16.0 Å². The molecule has 5 rings (SSSR count). The molecular weight excluding hydrogens is 522 g/mol. The van der Waals surface area contributed by atoms with E-state index in [9.17, 15) is 27.9 Å². The van der Waals surface area contributed by atoms with Gasteiger partial charge in [0, 0.05) is 35.6 Å². The van der Waals surface area contributed by atoms with Crippen LogP contribution in [0.15, 0.2) is 83.8 Å². The van der Waals surface area contributed by atoms with Gasteiger partial charge in [-0.15, -0.1) is 0 Å². The maximum atomic E-state index is 13.5. The van der Waals surface area contributed by atoms with Gasteiger partial charge in [0.2, 0.25) is 15.9 Å². The highest BCUT2D eigenvalue weighted by Crippen LogP contribution is 2.35. The van der Waals surface area contributed by atoms with Crippen LogP contribution in [0.4, 0.5) is 4.79 Å². The van der Waals surface area contributed by atoms with Crippen LogP contribution in [-0.4, -0.2) is 65.0 Å². The molecule has 11 heteroatoms. The first-order valence-electron chi connectivity index (χ1n) is 12.2. The number of aromatic hydroxyl groups is 1. The standard InChI is InChI=1S/C28H25N3O7S/c32-25(18-7-3-1-4-8-18)24-22-17-21(39(37,38)29-20-13-15-30(16-14-20)28(35)36)11-12-23(22)31(27(24)34)26(33)19-9-5-2-6-10-19/h1-12,17,20,29,34H,13-16H2,(H,35,36). The van der Waals surface area contributed by atoms with Gasteiger partial charge >= 0.3 is 6.09 Å². The first-order chi connectivity index (χ1) is 18.7. The molecule has 1 amide bonds. The monoisotopic (exact) mass is 547 g/mol. The minimum atomic E-state index is -4.08. The molecule has 10 nitrogen and oxygen atoms in total. The lowest BCUT2D eigenvalue weighted by atomic mass is 10.0. The Morgan fingerprint density at radius 2 is 1.44 bits per heavy atom. The van der Waals surface area contributed by atoms with E-state index >= 15 is 0 Å². The molecule has 1 aromatic heterocycles. The highest BCUT2D eigenvalue weighted by molar-refractivity contribution is 7.89. The Morgan fingerprint density at radius 3 is 2.03 bits per heavy atom. The van der Waals surface area contributed by atoms with Crippen molar-refractivity contribution in [2.45, 2.75) is 23.8 Å². The van der Waals surface area contributed by atoms with Crippen molar-refractivity contribution in [3.8, 4) is 5.88 Å². The number of rotatable bonds is 6. The Labute approximate surface area is 224 Å². The van der Waals surface area contributed by atoms with Crippen LogP contribution >= 0.6 is 0 Å². The van der Waals surface area contributed by atoms with E-state index in [0.717, 1.165) is 4.57 Å². The van der Waals surface area contributed by atoms with Crippen molar-refractivity contribution in [3.63, 3.8) is 0 Å². The molecule has 1 fully saturated rings. The van der Waals surface area contributed by atoms with Gasteiger partial charge in [0.1, 0.15) is 0 Å². The van der Waals surface area contributed by atoms with E-state index in [1.807, 2.05) is 0 Å². The molecule has 1 aliphatic rings. The smallest absolute Gasteiger partial charge is 0.407 e. The fourth-order valence-electron chi connectivity index (χ4n) is 4.77. The number of piperidine rings is 1. The number of carbonyl (C=O) groups is 3. The van der Waals surface area contributed by atoms with Gasteiger partial charge in [0.25, 0.3) is 5.91 Å². The third-order valence-corrected chi connectivity index (χ3v) is 8.32. The molecule has 0 aliphatic carbocycles. The first-order valence-corrected chi connectivity index (χ1v) is 13.7. The molecule has 4 aromatic rings. The number of sulfonamides is 1. The minimum Gasteiger partial charge on any atom is -0.494 e. The van der Waals surface area contributed by atoms with E-state index in [0.29, 0.717) is 12.8 Å². The third kappa shape index (κ3) is 5.01. The summed E-state index contributed by atoms with van der Waals surface area (Å²) in [6, 6.07) is 19.9. The van der Waals surface area contributed by atoms with E-state index in [1.165, 1.54) is 23.1 Å². The van der Waals surface area contributed by atoms with Crippen LogP contribution in [0.5, 0.6) is 5.88 Å². The summed E-state index contributed by atoms with van der Waals surface area (Å²) in [6.07, 6.45) is -0.422. The largest absolute Gasteiger partial charge is 0.494 e. The lowest BCUT2D eigenvalue weighted by molar-refractivity contribution is 0.0956.